The number of phenolic OH excluding ortho intramolecular Hbond substituents is 1. The summed E-state index contributed by atoms with van der Waals surface area (Å²) in [5, 5.41) is 9.33. The first-order valence-electron chi connectivity index (χ1n) is 5.88. The molecule has 0 fully saturated rings. The molecule has 0 saturated heterocycles. The number of carbonyl (C=O) groups is 1. The van der Waals surface area contributed by atoms with Gasteiger partial charge >= 0.3 is 5.97 Å². The molecule has 0 aliphatic heterocycles. The normalized spacial score (nSPS) is 10.2. The van der Waals surface area contributed by atoms with E-state index in [2.05, 4.69) is 0 Å². The largest absolute Gasteiger partial charge is 0.505 e. The lowest BCUT2D eigenvalue weighted by atomic mass is 10.0. The van der Waals surface area contributed by atoms with E-state index in [-0.39, 0.29) is 5.97 Å². The lowest BCUT2D eigenvalue weighted by Gasteiger charge is -2.05. The van der Waals surface area contributed by atoms with E-state index in [0.717, 1.165) is 5.56 Å². The van der Waals surface area contributed by atoms with Crippen LogP contribution in [-0.4, -0.2) is 17.7 Å². The van der Waals surface area contributed by atoms with E-state index >= 15 is 0 Å². The van der Waals surface area contributed by atoms with E-state index in [0.29, 0.717) is 17.7 Å². The van der Waals surface area contributed by atoms with Crippen molar-refractivity contribution < 1.29 is 19.0 Å². The van der Waals surface area contributed by atoms with Crippen LogP contribution in [0.15, 0.2) is 42.5 Å². The van der Waals surface area contributed by atoms with Gasteiger partial charge in [-0.15, -0.1) is 0 Å². The van der Waals surface area contributed by atoms with Crippen molar-refractivity contribution in [3.63, 3.8) is 0 Å². The molecule has 98 valence electrons. The number of phenols is 1. The third-order valence-corrected chi connectivity index (χ3v) is 2.68. The van der Waals surface area contributed by atoms with Crippen molar-refractivity contribution in [2.24, 2.45) is 0 Å². The van der Waals surface area contributed by atoms with Crippen molar-refractivity contribution >= 4 is 5.97 Å². The van der Waals surface area contributed by atoms with Crippen LogP contribution in [0.5, 0.6) is 5.75 Å². The zero-order chi connectivity index (χ0) is 13.8. The molecule has 19 heavy (non-hydrogen) atoms. The second-order valence-corrected chi connectivity index (χ2v) is 3.96. The summed E-state index contributed by atoms with van der Waals surface area (Å²) in [6, 6.07) is 10.8. The van der Waals surface area contributed by atoms with Crippen molar-refractivity contribution in [1.82, 2.24) is 0 Å². The molecule has 0 radical (unpaired) electrons. The second-order valence-electron chi connectivity index (χ2n) is 3.96. The van der Waals surface area contributed by atoms with Gasteiger partial charge in [0.05, 0.1) is 12.2 Å². The van der Waals surface area contributed by atoms with E-state index in [4.69, 9.17) is 4.74 Å². The minimum Gasteiger partial charge on any atom is -0.505 e. The molecule has 0 unspecified atom stereocenters. The molecule has 0 amide bonds. The molecule has 0 atom stereocenters. The topological polar surface area (TPSA) is 46.5 Å². The predicted molar refractivity (Wildman–Crippen MR) is 69.5 cm³/mol. The molecule has 1 N–H and O–H groups in total. The molecule has 0 heterocycles. The third-order valence-electron chi connectivity index (χ3n) is 2.68. The van der Waals surface area contributed by atoms with Crippen molar-refractivity contribution in [1.29, 1.82) is 0 Å². The summed E-state index contributed by atoms with van der Waals surface area (Å²) < 4.78 is 17.8. The Hall–Kier alpha value is -2.36. The van der Waals surface area contributed by atoms with Crippen LogP contribution < -0.4 is 0 Å². The first kappa shape index (κ1) is 13.1. The predicted octanol–water partition coefficient (Wildman–Crippen LogP) is 3.38. The van der Waals surface area contributed by atoms with Gasteiger partial charge in [-0.2, -0.15) is 0 Å². The first-order valence-corrected chi connectivity index (χ1v) is 5.88. The van der Waals surface area contributed by atoms with Gasteiger partial charge in [-0.3, -0.25) is 0 Å². The summed E-state index contributed by atoms with van der Waals surface area (Å²) in [6.07, 6.45) is 0. The fourth-order valence-electron chi connectivity index (χ4n) is 1.71. The summed E-state index contributed by atoms with van der Waals surface area (Å²) in [4.78, 5) is 11.5. The molecule has 0 aromatic heterocycles. The van der Waals surface area contributed by atoms with Crippen LogP contribution in [0.4, 0.5) is 4.39 Å². The minimum absolute atomic E-state index is 0.326. The Kier molecular flexibility index (Phi) is 3.80. The maximum Gasteiger partial charge on any atom is 0.338 e. The quantitative estimate of drug-likeness (QED) is 0.860. The average molecular weight is 260 g/mol. The van der Waals surface area contributed by atoms with E-state index in [1.54, 1.807) is 37.3 Å². The highest BCUT2D eigenvalue weighted by molar-refractivity contribution is 5.90. The zero-order valence-electron chi connectivity index (χ0n) is 10.4. The van der Waals surface area contributed by atoms with Crippen molar-refractivity contribution in [2.45, 2.75) is 6.92 Å². The van der Waals surface area contributed by atoms with Crippen LogP contribution >= 0.6 is 0 Å². The molecule has 0 aliphatic carbocycles. The molecule has 0 aliphatic rings. The molecule has 0 bridgehead atoms. The Labute approximate surface area is 110 Å². The Morgan fingerprint density at radius 1 is 1.16 bits per heavy atom. The average Bonchev–Trinajstić information content (AvgIpc) is 2.42. The number of carbonyl (C=O) groups excluding carboxylic acids is 1. The van der Waals surface area contributed by atoms with E-state index in [1.165, 1.54) is 12.1 Å². The van der Waals surface area contributed by atoms with Gasteiger partial charge in [-0.25, -0.2) is 9.18 Å². The minimum atomic E-state index is -0.660. The van der Waals surface area contributed by atoms with Crippen molar-refractivity contribution in [3.8, 4) is 16.9 Å². The van der Waals surface area contributed by atoms with Crippen molar-refractivity contribution in [2.75, 3.05) is 6.61 Å². The molecule has 0 spiro atoms. The number of esters is 1. The Balaban J connectivity index is 2.27. The smallest absolute Gasteiger partial charge is 0.338 e. The van der Waals surface area contributed by atoms with Gasteiger partial charge in [0.2, 0.25) is 0 Å². The number of ether oxygens (including phenoxy) is 1. The van der Waals surface area contributed by atoms with Gasteiger partial charge in [0, 0.05) is 0 Å². The van der Waals surface area contributed by atoms with Gasteiger partial charge < -0.3 is 9.84 Å². The van der Waals surface area contributed by atoms with Gasteiger partial charge in [0.1, 0.15) is 0 Å². The van der Waals surface area contributed by atoms with E-state index in [9.17, 15) is 14.3 Å². The number of benzene rings is 2. The molecular formula is C15H13FO3. The fraction of sp³-hybridized carbons (Fsp3) is 0.133. The molecule has 2 aromatic carbocycles. The highest BCUT2D eigenvalue weighted by Crippen LogP contribution is 2.25. The van der Waals surface area contributed by atoms with Crippen LogP contribution in [-0.2, 0) is 4.74 Å². The van der Waals surface area contributed by atoms with Crippen LogP contribution in [0.2, 0.25) is 0 Å². The molecule has 4 heteroatoms. The van der Waals surface area contributed by atoms with Gasteiger partial charge in [0.25, 0.3) is 0 Å². The highest BCUT2D eigenvalue weighted by Gasteiger charge is 2.07. The molecule has 0 saturated carbocycles. The van der Waals surface area contributed by atoms with Gasteiger partial charge in [-0.05, 0) is 42.3 Å². The van der Waals surface area contributed by atoms with Crippen LogP contribution in [0.3, 0.4) is 0 Å². The van der Waals surface area contributed by atoms with Crippen LogP contribution in [0.25, 0.3) is 11.1 Å². The summed E-state index contributed by atoms with van der Waals surface area (Å²) in [5.41, 5.74) is 1.91. The maximum absolute atomic E-state index is 13.0. The Morgan fingerprint density at radius 3 is 2.37 bits per heavy atom. The fourth-order valence-corrected chi connectivity index (χ4v) is 1.71. The lowest BCUT2D eigenvalue weighted by Crippen LogP contribution is -2.03. The summed E-state index contributed by atoms with van der Waals surface area (Å²) in [7, 11) is 0. The lowest BCUT2D eigenvalue weighted by molar-refractivity contribution is 0.0526. The monoisotopic (exact) mass is 260 g/mol. The number of aromatic hydroxyl groups is 1. The first-order chi connectivity index (χ1) is 9.11. The van der Waals surface area contributed by atoms with Crippen LogP contribution in [0.1, 0.15) is 17.3 Å². The number of halogens is 1. The Bertz CT molecular complexity index is 591. The summed E-state index contributed by atoms with van der Waals surface area (Å²) >= 11 is 0. The molecular weight excluding hydrogens is 247 g/mol. The maximum atomic E-state index is 13.0. The van der Waals surface area contributed by atoms with Gasteiger partial charge in [0.15, 0.2) is 11.6 Å². The Morgan fingerprint density at radius 2 is 1.79 bits per heavy atom. The van der Waals surface area contributed by atoms with E-state index in [1.807, 2.05) is 0 Å². The van der Waals surface area contributed by atoms with Crippen molar-refractivity contribution in [3.05, 3.63) is 53.8 Å². The SMILES string of the molecule is CCOC(=O)c1ccc(-c2ccc(F)c(O)c2)cc1. The summed E-state index contributed by atoms with van der Waals surface area (Å²) in [6.45, 7) is 2.07. The van der Waals surface area contributed by atoms with Crippen LogP contribution in [0, 0.1) is 5.82 Å². The number of hydrogen-bond acceptors (Lipinski definition) is 3. The number of hydrogen-bond donors (Lipinski definition) is 1. The zero-order valence-corrected chi connectivity index (χ0v) is 10.4. The molecule has 2 rings (SSSR count). The van der Waals surface area contributed by atoms with E-state index < -0.39 is 11.6 Å². The third kappa shape index (κ3) is 2.91. The summed E-state index contributed by atoms with van der Waals surface area (Å²) in [5.74, 6) is -1.44. The number of rotatable bonds is 3. The highest BCUT2D eigenvalue weighted by atomic mass is 19.1. The molecule has 2 aromatic rings. The molecule has 3 nitrogen and oxygen atoms in total. The standard InChI is InChI=1S/C15H13FO3/c1-2-19-15(18)11-5-3-10(4-6-11)12-7-8-13(16)14(17)9-12/h3-9,17H,2H2,1H3. The second kappa shape index (κ2) is 5.52. The van der Waals surface area contributed by atoms with Gasteiger partial charge in [-0.1, -0.05) is 18.2 Å².